The Bertz CT molecular complexity index is 425. The van der Waals surface area contributed by atoms with E-state index in [1.54, 1.807) is 7.11 Å². The number of rotatable bonds is 3. The maximum atomic E-state index is 6.35. The van der Waals surface area contributed by atoms with Gasteiger partial charge < -0.3 is 10.1 Å². The van der Waals surface area contributed by atoms with Gasteiger partial charge in [-0.15, -0.1) is 0 Å². The van der Waals surface area contributed by atoms with Crippen LogP contribution in [0.15, 0.2) is 6.07 Å². The number of benzene rings is 1. The van der Waals surface area contributed by atoms with E-state index in [9.17, 15) is 0 Å². The van der Waals surface area contributed by atoms with Gasteiger partial charge in [-0.05, 0) is 68.8 Å². The molecule has 2 rings (SSSR count). The van der Waals surface area contributed by atoms with Crippen LogP contribution in [0.2, 0.25) is 5.02 Å². The molecule has 1 saturated heterocycles. The fourth-order valence-electron chi connectivity index (χ4n) is 2.81. The number of hydrogen-bond acceptors (Lipinski definition) is 2. The topological polar surface area (TPSA) is 21.3 Å². The maximum Gasteiger partial charge on any atom is 0.141 e. The van der Waals surface area contributed by atoms with E-state index in [1.807, 2.05) is 6.92 Å². The number of hydrogen-bond donors (Lipinski definition) is 1. The molecule has 1 aliphatic heterocycles. The van der Waals surface area contributed by atoms with Crippen LogP contribution in [0.4, 0.5) is 0 Å². The molecule has 0 amide bonds. The highest BCUT2D eigenvalue weighted by Gasteiger charge is 2.19. The molecule has 0 aromatic heterocycles. The summed E-state index contributed by atoms with van der Waals surface area (Å²) in [5.41, 5.74) is 3.69. The summed E-state index contributed by atoms with van der Waals surface area (Å²) < 4.78 is 5.53. The van der Waals surface area contributed by atoms with Crippen LogP contribution in [-0.4, -0.2) is 20.2 Å². The Morgan fingerprint density at radius 2 is 1.94 bits per heavy atom. The highest BCUT2D eigenvalue weighted by atomic mass is 35.5. The van der Waals surface area contributed by atoms with Crippen LogP contribution in [-0.2, 0) is 6.42 Å². The van der Waals surface area contributed by atoms with Crippen molar-refractivity contribution in [3.8, 4) is 5.75 Å². The Morgan fingerprint density at radius 1 is 1.28 bits per heavy atom. The smallest absolute Gasteiger partial charge is 0.141 e. The largest absolute Gasteiger partial charge is 0.495 e. The lowest BCUT2D eigenvalue weighted by Gasteiger charge is -2.25. The summed E-state index contributed by atoms with van der Waals surface area (Å²) in [5, 5.41) is 4.18. The average molecular weight is 268 g/mol. The zero-order valence-electron chi connectivity index (χ0n) is 11.5. The molecule has 0 spiro atoms. The third kappa shape index (κ3) is 2.81. The predicted octanol–water partition coefficient (Wildman–Crippen LogP) is 3.51. The second-order valence-electron chi connectivity index (χ2n) is 5.23. The summed E-state index contributed by atoms with van der Waals surface area (Å²) in [6.07, 6.45) is 3.57. The van der Waals surface area contributed by atoms with Crippen molar-refractivity contribution >= 4 is 11.6 Å². The summed E-state index contributed by atoms with van der Waals surface area (Å²) in [6.45, 7) is 6.45. The molecule has 1 N–H and O–H groups in total. The molecule has 1 aliphatic rings. The Kier molecular flexibility index (Phi) is 4.52. The molecule has 2 nitrogen and oxygen atoms in total. The van der Waals surface area contributed by atoms with Crippen molar-refractivity contribution in [1.82, 2.24) is 5.32 Å². The molecule has 0 unspecified atom stereocenters. The zero-order chi connectivity index (χ0) is 13.1. The van der Waals surface area contributed by atoms with E-state index in [0.29, 0.717) is 0 Å². The van der Waals surface area contributed by atoms with Crippen LogP contribution in [0.3, 0.4) is 0 Å². The zero-order valence-corrected chi connectivity index (χ0v) is 12.2. The number of methoxy groups -OCH3 is 1. The van der Waals surface area contributed by atoms with E-state index in [1.165, 1.54) is 24.0 Å². The first kappa shape index (κ1) is 13.7. The molecule has 0 radical (unpaired) electrons. The number of piperidine rings is 1. The second kappa shape index (κ2) is 5.94. The van der Waals surface area contributed by atoms with Crippen molar-refractivity contribution in [3.63, 3.8) is 0 Å². The number of halogens is 1. The molecular weight excluding hydrogens is 246 g/mol. The van der Waals surface area contributed by atoms with Crippen LogP contribution in [0.25, 0.3) is 0 Å². The van der Waals surface area contributed by atoms with E-state index >= 15 is 0 Å². The van der Waals surface area contributed by atoms with Gasteiger partial charge in [-0.3, -0.25) is 0 Å². The third-order valence-electron chi connectivity index (χ3n) is 3.88. The van der Waals surface area contributed by atoms with Crippen molar-refractivity contribution in [2.24, 2.45) is 5.92 Å². The van der Waals surface area contributed by atoms with E-state index in [4.69, 9.17) is 16.3 Å². The van der Waals surface area contributed by atoms with E-state index in [2.05, 4.69) is 18.3 Å². The Morgan fingerprint density at radius 3 is 2.56 bits per heavy atom. The van der Waals surface area contributed by atoms with E-state index in [-0.39, 0.29) is 0 Å². The van der Waals surface area contributed by atoms with Crippen LogP contribution in [0.1, 0.15) is 29.5 Å². The molecule has 1 aromatic carbocycles. The van der Waals surface area contributed by atoms with Crippen LogP contribution in [0.5, 0.6) is 5.75 Å². The van der Waals surface area contributed by atoms with Gasteiger partial charge in [0.2, 0.25) is 0 Å². The first-order valence-electron chi connectivity index (χ1n) is 6.66. The van der Waals surface area contributed by atoms with Gasteiger partial charge in [0.05, 0.1) is 12.1 Å². The lowest BCUT2D eigenvalue weighted by Crippen LogP contribution is -2.28. The number of ether oxygens (including phenoxy) is 1. The predicted molar refractivity (Wildman–Crippen MR) is 76.8 cm³/mol. The van der Waals surface area contributed by atoms with Crippen molar-refractivity contribution in [2.75, 3.05) is 20.2 Å². The standard InChI is InChI=1S/C15H22ClNO/c1-10-8-11(2)14(16)15(18-3)13(10)9-12-4-6-17-7-5-12/h8,12,17H,4-7,9H2,1-3H3. The molecule has 0 saturated carbocycles. The van der Waals surface area contributed by atoms with Gasteiger partial charge >= 0.3 is 0 Å². The van der Waals surface area contributed by atoms with Gasteiger partial charge in [-0.2, -0.15) is 0 Å². The van der Waals surface area contributed by atoms with Gasteiger partial charge in [0.25, 0.3) is 0 Å². The first-order chi connectivity index (χ1) is 8.63. The average Bonchev–Trinajstić information content (AvgIpc) is 2.37. The SMILES string of the molecule is COc1c(Cl)c(C)cc(C)c1CC1CCNCC1. The summed E-state index contributed by atoms with van der Waals surface area (Å²) in [6, 6.07) is 2.17. The summed E-state index contributed by atoms with van der Waals surface area (Å²) in [7, 11) is 1.71. The van der Waals surface area contributed by atoms with Gasteiger partial charge in [0.15, 0.2) is 0 Å². The number of nitrogens with one attached hydrogen (secondary N) is 1. The lowest BCUT2D eigenvalue weighted by molar-refractivity contribution is 0.360. The molecule has 0 aliphatic carbocycles. The van der Waals surface area contributed by atoms with Gasteiger partial charge in [0, 0.05) is 0 Å². The summed E-state index contributed by atoms with van der Waals surface area (Å²) in [5.74, 6) is 1.63. The minimum Gasteiger partial charge on any atom is -0.495 e. The quantitative estimate of drug-likeness (QED) is 0.905. The highest BCUT2D eigenvalue weighted by molar-refractivity contribution is 6.33. The molecule has 1 aromatic rings. The third-order valence-corrected chi connectivity index (χ3v) is 4.35. The Labute approximate surface area is 115 Å². The van der Waals surface area contributed by atoms with Crippen LogP contribution >= 0.6 is 11.6 Å². The van der Waals surface area contributed by atoms with Crippen LogP contribution in [0, 0.1) is 19.8 Å². The molecule has 3 heteroatoms. The fourth-order valence-corrected chi connectivity index (χ4v) is 3.05. The van der Waals surface area contributed by atoms with Crippen LogP contribution < -0.4 is 10.1 Å². The Balaban J connectivity index is 2.28. The van der Waals surface area contributed by atoms with Gasteiger partial charge in [-0.25, -0.2) is 0 Å². The molecule has 1 heterocycles. The molecule has 0 bridgehead atoms. The van der Waals surface area contributed by atoms with Crippen molar-refractivity contribution in [2.45, 2.75) is 33.1 Å². The summed E-state index contributed by atoms with van der Waals surface area (Å²) in [4.78, 5) is 0. The highest BCUT2D eigenvalue weighted by Crippen LogP contribution is 2.36. The minimum absolute atomic E-state index is 0.748. The molecular formula is C15H22ClNO. The minimum atomic E-state index is 0.748. The first-order valence-corrected chi connectivity index (χ1v) is 7.04. The normalized spacial score (nSPS) is 16.9. The fraction of sp³-hybridized carbons (Fsp3) is 0.600. The lowest BCUT2D eigenvalue weighted by atomic mass is 9.88. The maximum absolute atomic E-state index is 6.35. The van der Waals surface area contributed by atoms with Crippen molar-refractivity contribution in [3.05, 3.63) is 27.8 Å². The molecule has 0 atom stereocenters. The Hall–Kier alpha value is -0.730. The monoisotopic (exact) mass is 267 g/mol. The summed E-state index contributed by atoms with van der Waals surface area (Å²) >= 11 is 6.35. The van der Waals surface area contributed by atoms with Crippen molar-refractivity contribution < 1.29 is 4.74 Å². The molecule has 100 valence electrons. The van der Waals surface area contributed by atoms with Gasteiger partial charge in [0.1, 0.15) is 5.75 Å². The van der Waals surface area contributed by atoms with E-state index in [0.717, 1.165) is 41.8 Å². The second-order valence-corrected chi connectivity index (χ2v) is 5.61. The molecule has 18 heavy (non-hydrogen) atoms. The number of aryl methyl sites for hydroxylation is 2. The van der Waals surface area contributed by atoms with Gasteiger partial charge in [-0.1, -0.05) is 17.7 Å². The van der Waals surface area contributed by atoms with E-state index < -0.39 is 0 Å². The van der Waals surface area contributed by atoms with Crippen molar-refractivity contribution in [1.29, 1.82) is 0 Å². The molecule has 1 fully saturated rings.